The third kappa shape index (κ3) is 2.20. The Morgan fingerprint density at radius 3 is 2.82 bits per heavy atom. The molecule has 0 bridgehead atoms. The van der Waals surface area contributed by atoms with E-state index in [0.717, 1.165) is 0 Å². The topological polar surface area (TPSA) is 116 Å². The van der Waals surface area contributed by atoms with Gasteiger partial charge in [0.05, 0.1) is 0 Å². The van der Waals surface area contributed by atoms with Gasteiger partial charge in [0.1, 0.15) is 0 Å². The van der Waals surface area contributed by atoms with Crippen molar-refractivity contribution >= 4 is 20.9 Å². The number of hydrogen-bond donors (Lipinski definition) is 4. The Bertz CT molecular complexity index is 350. The van der Waals surface area contributed by atoms with Crippen LogP contribution in [0, 0.1) is 0 Å². The fourth-order valence-electron chi connectivity index (χ4n) is 1.88. The molecule has 0 aromatic heterocycles. The number of carbonyl (C=O) groups is 1. The van der Waals surface area contributed by atoms with Gasteiger partial charge in [-0.25, -0.2) is 0 Å². The summed E-state index contributed by atoms with van der Waals surface area (Å²) in [4.78, 5) is 14.5. The summed E-state index contributed by atoms with van der Waals surface area (Å²) in [5, 5.41) is 28.4. The van der Waals surface area contributed by atoms with E-state index in [1.165, 1.54) is 0 Å². The van der Waals surface area contributed by atoms with Crippen LogP contribution in [0.4, 0.5) is 0 Å². The van der Waals surface area contributed by atoms with Crippen molar-refractivity contribution in [3.63, 3.8) is 0 Å². The number of ether oxygens (including phenoxy) is 1. The third-order valence-electron chi connectivity index (χ3n) is 2.79. The minimum atomic E-state index is -1.16. The Morgan fingerprint density at radius 2 is 2.29 bits per heavy atom. The van der Waals surface area contributed by atoms with Crippen LogP contribution in [-0.4, -0.2) is 77.7 Å². The molecule has 4 atom stereocenters. The second-order valence-electron chi connectivity index (χ2n) is 3.86. The quantitative estimate of drug-likeness (QED) is 0.407. The average Bonchev–Trinajstić information content (AvgIpc) is 2.86. The van der Waals surface area contributed by atoms with E-state index in [4.69, 9.17) is 15.6 Å². The Hall–Kier alpha value is -0.631. The second kappa shape index (κ2) is 4.93. The Balaban J connectivity index is 2.14. The fraction of sp³-hybridized carbons (Fsp3) is 0.667. The average molecular weight is 309 g/mol. The molecular formula is C9H14N2O5Se. The van der Waals surface area contributed by atoms with Crippen molar-refractivity contribution < 1.29 is 24.9 Å². The van der Waals surface area contributed by atoms with E-state index >= 15 is 0 Å². The van der Waals surface area contributed by atoms with Crippen LogP contribution in [0.1, 0.15) is 0 Å². The van der Waals surface area contributed by atoms with Gasteiger partial charge in [-0.15, -0.1) is 0 Å². The molecule has 2 aliphatic rings. The fourth-order valence-corrected chi connectivity index (χ4v) is 3.83. The summed E-state index contributed by atoms with van der Waals surface area (Å²) in [6, 6.07) is 0. The second-order valence-corrected chi connectivity index (χ2v) is 5.60. The zero-order chi connectivity index (χ0) is 12.6. The summed E-state index contributed by atoms with van der Waals surface area (Å²) in [5.74, 6) is -0.581. The number of hydrogen-bond acceptors (Lipinski definition) is 6. The van der Waals surface area contributed by atoms with Gasteiger partial charge in [0.15, 0.2) is 0 Å². The molecule has 17 heavy (non-hydrogen) atoms. The number of carbonyl (C=O) groups excluding carboxylic acids is 1. The Labute approximate surface area is 104 Å². The van der Waals surface area contributed by atoms with Crippen molar-refractivity contribution in [2.75, 3.05) is 12.1 Å². The number of aliphatic hydroxyl groups is 3. The van der Waals surface area contributed by atoms with Gasteiger partial charge in [0.2, 0.25) is 0 Å². The summed E-state index contributed by atoms with van der Waals surface area (Å²) >= 11 is 0.0930. The predicted molar refractivity (Wildman–Crippen MR) is 57.5 cm³/mol. The monoisotopic (exact) mass is 310 g/mol. The first-order valence-electron chi connectivity index (χ1n) is 5.07. The van der Waals surface area contributed by atoms with Crippen molar-refractivity contribution in [1.29, 1.82) is 0 Å². The van der Waals surface area contributed by atoms with Gasteiger partial charge in [0.25, 0.3) is 0 Å². The van der Waals surface area contributed by atoms with Crippen LogP contribution < -0.4 is 5.73 Å². The van der Waals surface area contributed by atoms with Crippen LogP contribution >= 0.6 is 0 Å². The molecule has 1 unspecified atom stereocenters. The van der Waals surface area contributed by atoms with E-state index in [2.05, 4.69) is 0 Å². The van der Waals surface area contributed by atoms with Crippen LogP contribution in [0.5, 0.6) is 0 Å². The van der Waals surface area contributed by atoms with E-state index in [-0.39, 0.29) is 21.6 Å². The van der Waals surface area contributed by atoms with Gasteiger partial charge in [-0.3, -0.25) is 0 Å². The standard InChI is InChI=1S/C9H14N2O5Se/c10-8(15)4-2-17-3-11(4)9-7(14)6(13)5(1-12)16-9/h2,5-7,9,12-14H,1,3H2,(H2,10,15)/t5-,6-,7-,9?/m1/s1. The van der Waals surface area contributed by atoms with Gasteiger partial charge < -0.3 is 0 Å². The van der Waals surface area contributed by atoms with Gasteiger partial charge in [0, 0.05) is 0 Å². The number of amides is 1. The molecule has 0 aromatic carbocycles. The first-order valence-corrected chi connectivity index (χ1v) is 7.27. The van der Waals surface area contributed by atoms with Crippen LogP contribution in [0.25, 0.3) is 0 Å². The van der Waals surface area contributed by atoms with Gasteiger partial charge in [-0.2, -0.15) is 0 Å². The first-order chi connectivity index (χ1) is 8.06. The SMILES string of the molecule is NC(=O)C1=C[Se]CN1C1O[C@H](CO)[C@@H](O)[C@H]1O. The molecule has 0 radical (unpaired) electrons. The Kier molecular flexibility index (Phi) is 3.72. The summed E-state index contributed by atoms with van der Waals surface area (Å²) in [7, 11) is 0. The molecule has 2 heterocycles. The molecule has 0 aliphatic carbocycles. The molecular weight excluding hydrogens is 295 g/mol. The number of aliphatic hydroxyl groups excluding tert-OH is 3. The number of primary amides is 1. The third-order valence-corrected chi connectivity index (χ3v) is 4.51. The maximum atomic E-state index is 11.2. The van der Waals surface area contributed by atoms with E-state index in [0.29, 0.717) is 11.1 Å². The van der Waals surface area contributed by atoms with Crippen molar-refractivity contribution in [2.45, 2.75) is 24.5 Å². The molecule has 0 aromatic rings. The molecule has 0 saturated carbocycles. The molecule has 5 N–H and O–H groups in total. The number of rotatable bonds is 3. The normalized spacial score (nSPS) is 37.4. The van der Waals surface area contributed by atoms with Gasteiger partial charge in [-0.1, -0.05) is 0 Å². The van der Waals surface area contributed by atoms with Crippen molar-refractivity contribution in [1.82, 2.24) is 4.90 Å². The van der Waals surface area contributed by atoms with E-state index in [1.807, 2.05) is 0 Å². The van der Waals surface area contributed by atoms with Gasteiger partial charge >= 0.3 is 104 Å². The van der Waals surface area contributed by atoms with Crippen LogP contribution in [-0.2, 0) is 9.53 Å². The van der Waals surface area contributed by atoms with E-state index in [9.17, 15) is 15.0 Å². The molecule has 2 aliphatic heterocycles. The summed E-state index contributed by atoms with van der Waals surface area (Å²) in [6.45, 7) is -0.386. The molecule has 1 amide bonds. The summed E-state index contributed by atoms with van der Waals surface area (Å²) in [5.41, 5.74) is 6.07. The van der Waals surface area contributed by atoms with Crippen LogP contribution in [0.15, 0.2) is 10.7 Å². The van der Waals surface area contributed by atoms with Crippen molar-refractivity contribution in [3.05, 3.63) is 10.7 Å². The zero-order valence-corrected chi connectivity index (χ0v) is 10.6. The molecule has 96 valence electrons. The number of nitrogens with zero attached hydrogens (tertiary/aromatic N) is 1. The zero-order valence-electron chi connectivity index (χ0n) is 8.89. The van der Waals surface area contributed by atoms with Crippen molar-refractivity contribution in [2.24, 2.45) is 5.73 Å². The first kappa shape index (κ1) is 12.8. The Morgan fingerprint density at radius 1 is 1.59 bits per heavy atom. The molecule has 2 rings (SSSR count). The van der Waals surface area contributed by atoms with Gasteiger partial charge in [-0.05, 0) is 0 Å². The summed E-state index contributed by atoms with van der Waals surface area (Å²) < 4.78 is 5.34. The molecule has 0 spiro atoms. The molecule has 1 fully saturated rings. The predicted octanol–water partition coefficient (Wildman–Crippen LogP) is -3.27. The minimum absolute atomic E-state index is 0.0930. The molecule has 7 nitrogen and oxygen atoms in total. The van der Waals surface area contributed by atoms with Crippen LogP contribution in [0.3, 0.4) is 0 Å². The van der Waals surface area contributed by atoms with Crippen LogP contribution in [0.2, 0.25) is 0 Å². The number of nitrogens with two attached hydrogens (primary N) is 1. The summed E-state index contributed by atoms with van der Waals surface area (Å²) in [6.07, 6.45) is -3.99. The van der Waals surface area contributed by atoms with E-state index in [1.54, 1.807) is 9.87 Å². The maximum absolute atomic E-state index is 11.2. The van der Waals surface area contributed by atoms with Crippen molar-refractivity contribution in [3.8, 4) is 0 Å². The van der Waals surface area contributed by atoms with E-state index < -0.39 is 30.4 Å². The molecule has 1 saturated heterocycles. The molecule has 8 heteroatoms.